The quantitative estimate of drug-likeness (QED) is 0.487. The number of ether oxygens (including phenoxy) is 2. The van der Waals surface area contributed by atoms with Gasteiger partial charge in [0, 0.05) is 15.6 Å². The van der Waals surface area contributed by atoms with Crippen molar-refractivity contribution in [3.63, 3.8) is 0 Å². The molecule has 4 rings (SSSR count). The number of amides is 2. The number of rotatable bonds is 7. The third-order valence-corrected chi connectivity index (χ3v) is 6.29. The molecule has 3 aromatic rings. The first-order chi connectivity index (χ1) is 15.4. The summed E-state index contributed by atoms with van der Waals surface area (Å²) >= 11 is 7.48. The molecule has 1 aliphatic rings. The van der Waals surface area contributed by atoms with Crippen molar-refractivity contribution >= 4 is 46.0 Å². The SMILES string of the molecule is COc1ccc(CN2C(=O)C(Nc3ccc(Cl)cc3C)=C(c3cccs3)C2=O)cc1OC. The minimum atomic E-state index is -0.387. The standard InChI is InChI=1S/C24H21ClN2O4S/c1-14-11-16(25)7-8-17(14)26-22-21(20-5-4-10-32-20)23(28)27(24(22)29)13-15-6-9-18(30-2)19(12-15)31-3/h4-12,26H,13H2,1-3H3. The zero-order chi connectivity index (χ0) is 22.8. The van der Waals surface area contributed by atoms with Crippen LogP contribution in [0.4, 0.5) is 5.69 Å². The molecular weight excluding hydrogens is 448 g/mol. The van der Waals surface area contributed by atoms with Crippen molar-refractivity contribution in [3.8, 4) is 11.5 Å². The largest absolute Gasteiger partial charge is 0.493 e. The molecule has 0 radical (unpaired) electrons. The molecule has 0 atom stereocenters. The monoisotopic (exact) mass is 468 g/mol. The number of halogens is 1. The van der Waals surface area contributed by atoms with Crippen LogP contribution in [0.1, 0.15) is 16.0 Å². The number of methoxy groups -OCH3 is 2. The van der Waals surface area contributed by atoms with Gasteiger partial charge in [0.1, 0.15) is 5.70 Å². The highest BCUT2D eigenvalue weighted by molar-refractivity contribution is 7.11. The predicted molar refractivity (Wildman–Crippen MR) is 126 cm³/mol. The van der Waals surface area contributed by atoms with E-state index in [4.69, 9.17) is 21.1 Å². The van der Waals surface area contributed by atoms with Gasteiger partial charge in [-0.2, -0.15) is 0 Å². The fourth-order valence-corrected chi connectivity index (χ4v) is 4.54. The second-order valence-corrected chi connectivity index (χ2v) is 8.58. The maximum atomic E-state index is 13.4. The van der Waals surface area contributed by atoms with E-state index in [2.05, 4.69) is 5.32 Å². The third kappa shape index (κ3) is 4.09. The lowest BCUT2D eigenvalue weighted by molar-refractivity contribution is -0.137. The van der Waals surface area contributed by atoms with E-state index in [1.165, 1.54) is 16.2 Å². The number of imide groups is 1. The molecule has 1 N–H and O–H groups in total. The fourth-order valence-electron chi connectivity index (χ4n) is 3.55. The number of hydrogen-bond donors (Lipinski definition) is 1. The Labute approximate surface area is 195 Å². The van der Waals surface area contributed by atoms with Crippen LogP contribution in [-0.2, 0) is 16.1 Å². The second kappa shape index (κ2) is 9.06. The molecule has 0 saturated carbocycles. The van der Waals surface area contributed by atoms with E-state index in [1.807, 2.05) is 30.5 Å². The molecule has 1 aromatic heterocycles. The highest BCUT2D eigenvalue weighted by atomic mass is 35.5. The first-order valence-corrected chi connectivity index (χ1v) is 11.1. The van der Waals surface area contributed by atoms with Crippen LogP contribution >= 0.6 is 22.9 Å². The molecule has 0 aliphatic carbocycles. The van der Waals surface area contributed by atoms with Gasteiger partial charge in [0.05, 0.1) is 26.3 Å². The Balaban J connectivity index is 1.69. The summed E-state index contributed by atoms with van der Waals surface area (Å²) in [6, 6.07) is 14.4. The predicted octanol–water partition coefficient (Wildman–Crippen LogP) is 5.12. The first-order valence-electron chi connectivity index (χ1n) is 9.81. The summed E-state index contributed by atoms with van der Waals surface area (Å²) in [5.41, 5.74) is 2.95. The summed E-state index contributed by atoms with van der Waals surface area (Å²) in [6.45, 7) is 2.00. The van der Waals surface area contributed by atoms with Crippen LogP contribution in [0.3, 0.4) is 0 Å². The maximum Gasteiger partial charge on any atom is 0.278 e. The Morgan fingerprint density at radius 2 is 1.78 bits per heavy atom. The molecule has 2 aromatic carbocycles. The van der Waals surface area contributed by atoms with Crippen LogP contribution in [0.25, 0.3) is 5.57 Å². The topological polar surface area (TPSA) is 67.9 Å². The maximum absolute atomic E-state index is 13.4. The molecule has 0 fully saturated rings. The number of aryl methyl sites for hydroxylation is 1. The highest BCUT2D eigenvalue weighted by Crippen LogP contribution is 2.35. The van der Waals surface area contributed by atoms with E-state index in [0.29, 0.717) is 27.8 Å². The molecule has 0 bridgehead atoms. The Morgan fingerprint density at radius 3 is 2.44 bits per heavy atom. The van der Waals surface area contributed by atoms with Crippen molar-refractivity contribution in [2.45, 2.75) is 13.5 Å². The summed E-state index contributed by atoms with van der Waals surface area (Å²) in [6.07, 6.45) is 0. The van der Waals surface area contributed by atoms with E-state index in [1.54, 1.807) is 44.6 Å². The minimum absolute atomic E-state index is 0.109. The summed E-state index contributed by atoms with van der Waals surface area (Å²) < 4.78 is 10.6. The van der Waals surface area contributed by atoms with Crippen LogP contribution in [0, 0.1) is 6.92 Å². The molecule has 8 heteroatoms. The number of hydrogen-bond acceptors (Lipinski definition) is 6. The molecule has 1 aliphatic heterocycles. The number of anilines is 1. The zero-order valence-corrected chi connectivity index (χ0v) is 19.3. The van der Waals surface area contributed by atoms with Gasteiger partial charge in [-0.3, -0.25) is 14.5 Å². The molecule has 0 saturated heterocycles. The molecular formula is C24H21ClN2O4S. The molecule has 2 amide bonds. The van der Waals surface area contributed by atoms with Crippen molar-refractivity contribution in [1.29, 1.82) is 0 Å². The van der Waals surface area contributed by atoms with Crippen LogP contribution < -0.4 is 14.8 Å². The van der Waals surface area contributed by atoms with Gasteiger partial charge >= 0.3 is 0 Å². The summed E-state index contributed by atoms with van der Waals surface area (Å²) in [5.74, 6) is 0.378. The van der Waals surface area contributed by atoms with Crippen LogP contribution in [-0.4, -0.2) is 30.9 Å². The smallest absolute Gasteiger partial charge is 0.278 e. The molecule has 0 unspecified atom stereocenters. The minimum Gasteiger partial charge on any atom is -0.493 e. The molecule has 6 nitrogen and oxygen atoms in total. The van der Waals surface area contributed by atoms with Crippen molar-refractivity contribution in [1.82, 2.24) is 4.90 Å². The number of nitrogens with zero attached hydrogens (tertiary/aromatic N) is 1. The van der Waals surface area contributed by atoms with Crippen molar-refractivity contribution in [2.75, 3.05) is 19.5 Å². The summed E-state index contributed by atoms with van der Waals surface area (Å²) in [5, 5.41) is 5.66. The van der Waals surface area contributed by atoms with E-state index in [9.17, 15) is 9.59 Å². The summed E-state index contributed by atoms with van der Waals surface area (Å²) in [7, 11) is 3.10. The van der Waals surface area contributed by atoms with Crippen LogP contribution in [0.5, 0.6) is 11.5 Å². The Morgan fingerprint density at radius 1 is 1.00 bits per heavy atom. The van der Waals surface area contributed by atoms with Gasteiger partial charge in [-0.25, -0.2) is 0 Å². The lowest BCUT2D eigenvalue weighted by Crippen LogP contribution is -2.32. The molecule has 2 heterocycles. The number of carbonyl (C=O) groups is 2. The van der Waals surface area contributed by atoms with E-state index < -0.39 is 0 Å². The second-order valence-electron chi connectivity index (χ2n) is 7.20. The van der Waals surface area contributed by atoms with Crippen molar-refractivity contribution in [2.24, 2.45) is 0 Å². The van der Waals surface area contributed by atoms with Gasteiger partial charge in [-0.15, -0.1) is 11.3 Å². The average molecular weight is 469 g/mol. The highest BCUT2D eigenvalue weighted by Gasteiger charge is 2.39. The normalized spacial score (nSPS) is 13.7. The summed E-state index contributed by atoms with van der Waals surface area (Å²) in [4.78, 5) is 28.7. The Hall–Kier alpha value is -3.29. The van der Waals surface area contributed by atoms with E-state index in [-0.39, 0.29) is 24.1 Å². The van der Waals surface area contributed by atoms with E-state index in [0.717, 1.165) is 16.0 Å². The van der Waals surface area contributed by atoms with Gasteiger partial charge in [-0.05, 0) is 59.8 Å². The third-order valence-electron chi connectivity index (χ3n) is 5.17. The van der Waals surface area contributed by atoms with Crippen molar-refractivity contribution in [3.05, 3.63) is 80.6 Å². The molecule has 164 valence electrons. The number of carbonyl (C=O) groups excluding carboxylic acids is 2. The van der Waals surface area contributed by atoms with Gasteiger partial charge in [0.25, 0.3) is 11.8 Å². The zero-order valence-electron chi connectivity index (χ0n) is 17.8. The number of benzene rings is 2. The Bertz CT molecular complexity index is 1220. The Kier molecular flexibility index (Phi) is 6.21. The van der Waals surface area contributed by atoms with Gasteiger partial charge < -0.3 is 14.8 Å². The van der Waals surface area contributed by atoms with Crippen LogP contribution in [0.2, 0.25) is 5.02 Å². The first kappa shape index (κ1) is 21.9. The lowest BCUT2D eigenvalue weighted by Gasteiger charge is -2.17. The number of nitrogens with one attached hydrogen (secondary N) is 1. The average Bonchev–Trinajstić information content (AvgIpc) is 3.38. The fraction of sp³-hybridized carbons (Fsp3) is 0.167. The van der Waals surface area contributed by atoms with Crippen LogP contribution in [0.15, 0.2) is 59.6 Å². The number of thiophene rings is 1. The van der Waals surface area contributed by atoms with E-state index >= 15 is 0 Å². The van der Waals surface area contributed by atoms with Gasteiger partial charge in [0.15, 0.2) is 11.5 Å². The van der Waals surface area contributed by atoms with Gasteiger partial charge in [0.2, 0.25) is 0 Å². The van der Waals surface area contributed by atoms with Gasteiger partial charge in [-0.1, -0.05) is 23.7 Å². The molecule has 0 spiro atoms. The van der Waals surface area contributed by atoms with Crippen molar-refractivity contribution < 1.29 is 19.1 Å². The molecule has 32 heavy (non-hydrogen) atoms. The lowest BCUT2D eigenvalue weighted by atomic mass is 10.1.